The van der Waals surface area contributed by atoms with Crippen LogP contribution in [0, 0.1) is 0 Å². The molecule has 0 saturated carbocycles. The van der Waals surface area contributed by atoms with E-state index >= 15 is 0 Å². The van der Waals surface area contributed by atoms with Gasteiger partial charge in [-0.05, 0) is 29.6 Å². The number of benzene rings is 1. The Balaban J connectivity index is 1.97. The van der Waals surface area contributed by atoms with E-state index in [2.05, 4.69) is 10.1 Å². The van der Waals surface area contributed by atoms with Crippen molar-refractivity contribution in [3.05, 3.63) is 52.2 Å². The van der Waals surface area contributed by atoms with Gasteiger partial charge in [0.1, 0.15) is 0 Å². The summed E-state index contributed by atoms with van der Waals surface area (Å²) in [5, 5.41) is 4.55. The maximum Gasteiger partial charge on any atom is 0.416 e. The minimum Gasteiger partial charge on any atom is -0.469 e. The fourth-order valence-corrected chi connectivity index (χ4v) is 3.65. The van der Waals surface area contributed by atoms with Crippen molar-refractivity contribution in [3.63, 3.8) is 0 Å². The number of rotatable bonds is 7. The van der Waals surface area contributed by atoms with Gasteiger partial charge in [-0.25, -0.2) is 0 Å². The fraction of sp³-hybridized carbons (Fsp3) is 0.294. The third-order valence-corrected chi connectivity index (χ3v) is 5.33. The molecule has 0 aliphatic rings. The molecule has 2 aromatic rings. The quantitative estimate of drug-likeness (QED) is 0.554. The van der Waals surface area contributed by atoms with Gasteiger partial charge in [-0.1, -0.05) is 12.1 Å². The van der Waals surface area contributed by atoms with Crippen LogP contribution in [0.3, 0.4) is 0 Å². The second kappa shape index (κ2) is 9.09. The molecule has 140 valence electrons. The van der Waals surface area contributed by atoms with E-state index in [0.717, 1.165) is 28.8 Å². The Bertz CT molecular complexity index is 748. The summed E-state index contributed by atoms with van der Waals surface area (Å²) in [6.45, 7) is 0. The number of carbonyl (C=O) groups excluding carboxylic acids is 2. The number of hydrogen-bond acceptors (Lipinski definition) is 5. The Morgan fingerprint density at radius 2 is 2.04 bits per heavy atom. The van der Waals surface area contributed by atoms with Gasteiger partial charge in [0.15, 0.2) is 0 Å². The molecule has 1 aromatic heterocycles. The lowest BCUT2D eigenvalue weighted by atomic mass is 10.1. The van der Waals surface area contributed by atoms with Gasteiger partial charge in [0.25, 0.3) is 0 Å². The molecule has 1 unspecified atom stereocenters. The number of thiophene rings is 1. The molecular weight excluding hydrogens is 387 g/mol. The summed E-state index contributed by atoms with van der Waals surface area (Å²) in [6.07, 6.45) is -4.44. The zero-order chi connectivity index (χ0) is 19.2. The number of carbonyl (C=O) groups is 2. The van der Waals surface area contributed by atoms with E-state index in [4.69, 9.17) is 0 Å². The average molecular weight is 403 g/mol. The minimum atomic E-state index is -4.43. The lowest BCUT2D eigenvalue weighted by Crippen LogP contribution is -2.31. The van der Waals surface area contributed by atoms with Crippen molar-refractivity contribution < 1.29 is 27.5 Å². The van der Waals surface area contributed by atoms with Gasteiger partial charge in [0, 0.05) is 9.77 Å². The summed E-state index contributed by atoms with van der Waals surface area (Å²) >= 11 is 2.39. The van der Waals surface area contributed by atoms with Crippen molar-refractivity contribution in [2.45, 2.75) is 23.5 Å². The van der Waals surface area contributed by atoms with Crippen LogP contribution in [0.15, 0.2) is 46.7 Å². The first kappa shape index (κ1) is 20.3. The van der Waals surface area contributed by atoms with Gasteiger partial charge in [0.05, 0.1) is 30.9 Å². The lowest BCUT2D eigenvalue weighted by molar-refractivity contribution is -0.141. The SMILES string of the molecule is COC(=O)CC(NC(=O)CSc1cccc(C(F)(F)F)c1)c1cccs1. The molecule has 1 amide bonds. The zero-order valence-corrected chi connectivity index (χ0v) is 15.3. The first-order valence-corrected chi connectivity index (χ1v) is 9.35. The van der Waals surface area contributed by atoms with Crippen LogP contribution in [0.2, 0.25) is 0 Å². The molecule has 0 aliphatic carbocycles. The number of nitrogens with one attached hydrogen (secondary N) is 1. The van der Waals surface area contributed by atoms with Gasteiger partial charge < -0.3 is 10.1 Å². The van der Waals surface area contributed by atoms with Gasteiger partial charge in [-0.3, -0.25) is 9.59 Å². The summed E-state index contributed by atoms with van der Waals surface area (Å²) in [6, 6.07) is 7.85. The minimum absolute atomic E-state index is 0.0169. The third kappa shape index (κ3) is 6.06. The molecule has 0 saturated heterocycles. The second-order valence-electron chi connectivity index (χ2n) is 5.23. The largest absolute Gasteiger partial charge is 0.469 e. The molecule has 2 rings (SSSR count). The first-order valence-electron chi connectivity index (χ1n) is 7.49. The van der Waals surface area contributed by atoms with Gasteiger partial charge in [0.2, 0.25) is 5.91 Å². The summed E-state index contributed by atoms with van der Waals surface area (Å²) < 4.78 is 42.8. The van der Waals surface area contributed by atoms with Crippen LogP contribution in [-0.2, 0) is 20.5 Å². The van der Waals surface area contributed by atoms with Crippen LogP contribution in [0.1, 0.15) is 22.9 Å². The van der Waals surface area contributed by atoms with Crippen LogP contribution in [0.25, 0.3) is 0 Å². The zero-order valence-electron chi connectivity index (χ0n) is 13.7. The van der Waals surface area contributed by atoms with E-state index < -0.39 is 23.8 Å². The molecule has 1 heterocycles. The topological polar surface area (TPSA) is 55.4 Å². The van der Waals surface area contributed by atoms with Crippen molar-refractivity contribution in [1.29, 1.82) is 0 Å². The van der Waals surface area contributed by atoms with Crippen LogP contribution in [0.5, 0.6) is 0 Å². The van der Waals surface area contributed by atoms with E-state index in [1.165, 1.54) is 30.6 Å². The Labute approximate surface area is 156 Å². The Hall–Kier alpha value is -2.00. The standard InChI is InChI=1S/C17H16F3NO3S2/c1-24-16(23)9-13(14-6-3-7-25-14)21-15(22)10-26-12-5-2-4-11(8-12)17(18,19)20/h2-8,13H,9-10H2,1H3,(H,21,22). The number of hydrogen-bond donors (Lipinski definition) is 1. The Morgan fingerprint density at radius 3 is 2.65 bits per heavy atom. The van der Waals surface area contributed by atoms with Crippen LogP contribution in [0.4, 0.5) is 13.2 Å². The Morgan fingerprint density at radius 1 is 1.27 bits per heavy atom. The van der Waals surface area contributed by atoms with Crippen LogP contribution >= 0.6 is 23.1 Å². The smallest absolute Gasteiger partial charge is 0.416 e. The maximum absolute atomic E-state index is 12.7. The molecule has 0 radical (unpaired) electrons. The molecule has 26 heavy (non-hydrogen) atoms. The Kier molecular flexibility index (Phi) is 7.10. The monoisotopic (exact) mass is 403 g/mol. The van der Waals surface area contributed by atoms with Crippen LogP contribution in [-0.4, -0.2) is 24.7 Å². The number of ether oxygens (including phenoxy) is 1. The third-order valence-electron chi connectivity index (χ3n) is 3.35. The summed E-state index contributed by atoms with van der Waals surface area (Å²) in [5.74, 6) is -0.909. The molecule has 4 nitrogen and oxygen atoms in total. The second-order valence-corrected chi connectivity index (χ2v) is 7.26. The van der Waals surface area contributed by atoms with Crippen molar-refractivity contribution in [2.24, 2.45) is 0 Å². The average Bonchev–Trinajstić information content (AvgIpc) is 3.13. The number of alkyl halides is 3. The maximum atomic E-state index is 12.7. The normalized spacial score (nSPS) is 12.5. The van der Waals surface area contributed by atoms with E-state index in [-0.39, 0.29) is 18.1 Å². The van der Waals surface area contributed by atoms with Gasteiger partial charge >= 0.3 is 12.1 Å². The fourth-order valence-electron chi connectivity index (χ4n) is 2.11. The molecule has 1 aromatic carbocycles. The van der Waals surface area contributed by atoms with E-state index in [1.807, 2.05) is 5.38 Å². The highest BCUT2D eigenvalue weighted by atomic mass is 32.2. The van der Waals surface area contributed by atoms with E-state index in [0.29, 0.717) is 4.90 Å². The molecule has 0 bridgehead atoms. The molecule has 1 atom stereocenters. The molecule has 1 N–H and O–H groups in total. The number of methoxy groups -OCH3 is 1. The highest BCUT2D eigenvalue weighted by Gasteiger charge is 2.30. The van der Waals surface area contributed by atoms with Crippen molar-refractivity contribution >= 4 is 35.0 Å². The number of amides is 1. The summed E-state index contributed by atoms with van der Waals surface area (Å²) in [7, 11) is 1.26. The van der Waals surface area contributed by atoms with Gasteiger partial charge in [-0.2, -0.15) is 13.2 Å². The van der Waals surface area contributed by atoms with Crippen molar-refractivity contribution in [1.82, 2.24) is 5.32 Å². The number of thioether (sulfide) groups is 1. The molecule has 0 spiro atoms. The predicted molar refractivity (Wildman–Crippen MR) is 94.0 cm³/mol. The summed E-state index contributed by atoms with van der Waals surface area (Å²) in [4.78, 5) is 24.8. The summed E-state index contributed by atoms with van der Waals surface area (Å²) in [5.41, 5.74) is -0.759. The van der Waals surface area contributed by atoms with Crippen LogP contribution < -0.4 is 5.32 Å². The molecule has 0 fully saturated rings. The van der Waals surface area contributed by atoms with Gasteiger partial charge in [-0.15, -0.1) is 23.1 Å². The highest BCUT2D eigenvalue weighted by molar-refractivity contribution is 8.00. The first-order chi connectivity index (χ1) is 12.3. The van der Waals surface area contributed by atoms with Crippen molar-refractivity contribution in [3.8, 4) is 0 Å². The lowest BCUT2D eigenvalue weighted by Gasteiger charge is -2.16. The van der Waals surface area contributed by atoms with E-state index in [1.54, 1.807) is 12.1 Å². The molecular formula is C17H16F3NO3S2. The molecule has 9 heteroatoms. The number of halogens is 3. The number of esters is 1. The van der Waals surface area contributed by atoms with E-state index in [9.17, 15) is 22.8 Å². The van der Waals surface area contributed by atoms with Crippen molar-refractivity contribution in [2.75, 3.05) is 12.9 Å². The predicted octanol–water partition coefficient (Wildman–Crippen LogP) is 4.28. The highest BCUT2D eigenvalue weighted by Crippen LogP contribution is 2.32. The molecule has 0 aliphatic heterocycles.